The Kier molecular flexibility index (Phi) is 6.48. The molecule has 1 fully saturated rings. The average Bonchev–Trinajstić information content (AvgIpc) is 3.15. The molecule has 1 saturated heterocycles. The summed E-state index contributed by atoms with van der Waals surface area (Å²) in [6.45, 7) is 0.674. The van der Waals surface area contributed by atoms with E-state index in [0.717, 1.165) is 23.1 Å². The number of amides is 2. The number of likely N-dealkylation sites (tertiary alicyclic amines) is 1. The van der Waals surface area contributed by atoms with Gasteiger partial charge in [0, 0.05) is 36.1 Å². The van der Waals surface area contributed by atoms with E-state index in [2.05, 4.69) is 10.3 Å². The highest BCUT2D eigenvalue weighted by molar-refractivity contribution is 6.30. The lowest BCUT2D eigenvalue weighted by atomic mass is 10.1. The van der Waals surface area contributed by atoms with Crippen LogP contribution in [0.15, 0.2) is 73.1 Å². The number of carbonyl (C=O) groups is 2. The van der Waals surface area contributed by atoms with Gasteiger partial charge in [-0.3, -0.25) is 15.1 Å². The van der Waals surface area contributed by atoms with E-state index in [1.165, 1.54) is 0 Å². The number of halogens is 1. The van der Waals surface area contributed by atoms with Crippen LogP contribution in [0.1, 0.15) is 35.6 Å². The lowest BCUT2D eigenvalue weighted by Crippen LogP contribution is -2.27. The van der Waals surface area contributed by atoms with Crippen LogP contribution in [0.3, 0.4) is 0 Å². The molecule has 1 atom stereocenters. The number of ether oxygens (including phenoxy) is 1. The van der Waals surface area contributed by atoms with E-state index in [0.29, 0.717) is 23.7 Å². The number of carbonyl (C=O) groups excluding carboxylic acids is 2. The van der Waals surface area contributed by atoms with Crippen LogP contribution in [0.2, 0.25) is 5.02 Å². The van der Waals surface area contributed by atoms with Gasteiger partial charge < -0.3 is 9.64 Å². The molecule has 2 heterocycles. The van der Waals surface area contributed by atoms with Crippen LogP contribution in [0.4, 0.5) is 10.5 Å². The molecule has 1 aromatic heterocycles. The molecule has 4 rings (SSSR count). The minimum atomic E-state index is -0.533. The third-order valence-electron chi connectivity index (χ3n) is 5.23. The van der Waals surface area contributed by atoms with Crippen LogP contribution in [-0.4, -0.2) is 21.9 Å². The number of benzene rings is 2. The van der Waals surface area contributed by atoms with Gasteiger partial charge in [-0.2, -0.15) is 0 Å². The second kappa shape index (κ2) is 9.62. The van der Waals surface area contributed by atoms with E-state index in [-0.39, 0.29) is 18.6 Å². The molecule has 6 nitrogen and oxygen atoms in total. The molecule has 158 valence electrons. The zero-order valence-corrected chi connectivity index (χ0v) is 17.6. The van der Waals surface area contributed by atoms with Gasteiger partial charge in [0.1, 0.15) is 6.61 Å². The van der Waals surface area contributed by atoms with E-state index in [4.69, 9.17) is 16.3 Å². The van der Waals surface area contributed by atoms with Crippen molar-refractivity contribution in [3.8, 4) is 0 Å². The van der Waals surface area contributed by atoms with Crippen molar-refractivity contribution in [3.63, 3.8) is 0 Å². The Balaban J connectivity index is 1.33. The molecular weight excluding hydrogens is 414 g/mol. The topological polar surface area (TPSA) is 71.5 Å². The zero-order chi connectivity index (χ0) is 21.6. The first kappa shape index (κ1) is 20.9. The molecule has 2 amide bonds. The van der Waals surface area contributed by atoms with Crippen molar-refractivity contribution in [1.29, 1.82) is 0 Å². The van der Waals surface area contributed by atoms with E-state index >= 15 is 0 Å². The van der Waals surface area contributed by atoms with Gasteiger partial charge in [-0.25, -0.2) is 4.79 Å². The van der Waals surface area contributed by atoms with Crippen molar-refractivity contribution in [3.05, 3.63) is 94.8 Å². The molecule has 3 aromatic rings. The second-order valence-electron chi connectivity index (χ2n) is 7.39. The van der Waals surface area contributed by atoms with Crippen molar-refractivity contribution in [2.75, 3.05) is 5.32 Å². The number of anilines is 1. The van der Waals surface area contributed by atoms with Gasteiger partial charge in [0.15, 0.2) is 0 Å². The maximum Gasteiger partial charge on any atom is 0.411 e. The fraction of sp³-hybridized carbons (Fsp3) is 0.208. The summed E-state index contributed by atoms with van der Waals surface area (Å²) in [6.07, 6.45) is 4.35. The van der Waals surface area contributed by atoms with Crippen molar-refractivity contribution < 1.29 is 14.3 Å². The predicted octanol–water partition coefficient (Wildman–Crippen LogP) is 5.35. The van der Waals surface area contributed by atoms with E-state index < -0.39 is 6.09 Å². The second-order valence-corrected chi connectivity index (χ2v) is 7.82. The Morgan fingerprint density at radius 2 is 1.84 bits per heavy atom. The fourth-order valence-electron chi connectivity index (χ4n) is 3.63. The zero-order valence-electron chi connectivity index (χ0n) is 16.8. The highest BCUT2D eigenvalue weighted by Crippen LogP contribution is 2.33. The summed E-state index contributed by atoms with van der Waals surface area (Å²) in [5.74, 6) is 0.141. The highest BCUT2D eigenvalue weighted by Gasteiger charge is 2.32. The number of pyridine rings is 1. The predicted molar refractivity (Wildman–Crippen MR) is 118 cm³/mol. The van der Waals surface area contributed by atoms with Crippen LogP contribution < -0.4 is 5.32 Å². The summed E-state index contributed by atoms with van der Waals surface area (Å²) in [5, 5.41) is 3.35. The molecule has 1 aliphatic rings. The minimum absolute atomic E-state index is 0.0434. The minimum Gasteiger partial charge on any atom is -0.444 e. The van der Waals surface area contributed by atoms with Crippen LogP contribution in [0.5, 0.6) is 0 Å². The van der Waals surface area contributed by atoms with Gasteiger partial charge in [0.2, 0.25) is 5.91 Å². The molecule has 0 spiro atoms. The summed E-state index contributed by atoms with van der Waals surface area (Å²) in [5.41, 5.74) is 3.52. The average molecular weight is 436 g/mol. The first-order valence-electron chi connectivity index (χ1n) is 10.0. The molecule has 0 saturated carbocycles. The van der Waals surface area contributed by atoms with Gasteiger partial charge in [-0.15, -0.1) is 0 Å². The largest absolute Gasteiger partial charge is 0.444 e. The smallest absolute Gasteiger partial charge is 0.411 e. The van der Waals surface area contributed by atoms with Gasteiger partial charge in [0.25, 0.3) is 0 Å². The molecule has 0 unspecified atom stereocenters. The maximum absolute atomic E-state index is 12.4. The van der Waals surface area contributed by atoms with Gasteiger partial charge in [0.05, 0.1) is 6.04 Å². The Hall–Kier alpha value is -3.38. The van der Waals surface area contributed by atoms with E-state index in [1.54, 1.807) is 30.5 Å². The monoisotopic (exact) mass is 435 g/mol. The number of nitrogens with zero attached hydrogens (tertiary/aromatic N) is 2. The number of hydrogen-bond donors (Lipinski definition) is 1. The summed E-state index contributed by atoms with van der Waals surface area (Å²) in [7, 11) is 0. The molecule has 31 heavy (non-hydrogen) atoms. The summed E-state index contributed by atoms with van der Waals surface area (Å²) < 4.78 is 5.23. The molecular formula is C24H22ClN3O3. The quantitative estimate of drug-likeness (QED) is 0.566. The Morgan fingerprint density at radius 3 is 2.55 bits per heavy atom. The highest BCUT2D eigenvalue weighted by atomic mass is 35.5. The molecule has 0 bridgehead atoms. The Bertz CT molecular complexity index is 1040. The van der Waals surface area contributed by atoms with Crippen LogP contribution in [0, 0.1) is 0 Å². The Morgan fingerprint density at radius 1 is 1.10 bits per heavy atom. The number of hydrogen-bond acceptors (Lipinski definition) is 4. The van der Waals surface area contributed by atoms with Crippen molar-refractivity contribution in [1.82, 2.24) is 9.88 Å². The summed E-state index contributed by atoms with van der Waals surface area (Å²) >= 11 is 5.85. The van der Waals surface area contributed by atoms with Crippen LogP contribution >= 0.6 is 11.6 Å². The summed E-state index contributed by atoms with van der Waals surface area (Å²) in [4.78, 5) is 30.5. The lowest BCUT2D eigenvalue weighted by Gasteiger charge is -2.25. The molecule has 2 aromatic carbocycles. The SMILES string of the molecule is O=C(Nc1ccc(CN2C(=O)CC[C@@H]2c2cccnc2)cc1)OCc1ccc(Cl)cc1. The van der Waals surface area contributed by atoms with Crippen molar-refractivity contribution >= 4 is 29.3 Å². The number of aromatic nitrogens is 1. The standard InChI is InChI=1S/C24H22ClN3O3/c25-20-7-3-18(4-8-20)16-31-24(30)27-21-9-5-17(6-10-21)15-28-22(11-12-23(28)29)19-2-1-13-26-14-19/h1-10,13-14,22H,11-12,15-16H2,(H,27,30)/t22-/m1/s1. The third-order valence-corrected chi connectivity index (χ3v) is 5.49. The molecule has 1 aliphatic heterocycles. The van der Waals surface area contributed by atoms with Crippen molar-refractivity contribution in [2.24, 2.45) is 0 Å². The number of nitrogens with one attached hydrogen (secondary N) is 1. The summed E-state index contributed by atoms with van der Waals surface area (Å²) in [6, 6.07) is 18.5. The third kappa shape index (κ3) is 5.41. The lowest BCUT2D eigenvalue weighted by molar-refractivity contribution is -0.129. The van der Waals surface area contributed by atoms with Gasteiger partial charge >= 0.3 is 6.09 Å². The maximum atomic E-state index is 12.4. The first-order valence-corrected chi connectivity index (χ1v) is 10.4. The van der Waals surface area contributed by atoms with Gasteiger partial charge in [-0.05, 0) is 53.4 Å². The van der Waals surface area contributed by atoms with Crippen molar-refractivity contribution in [2.45, 2.75) is 32.0 Å². The fourth-order valence-corrected chi connectivity index (χ4v) is 3.75. The van der Waals surface area contributed by atoms with Gasteiger partial charge in [-0.1, -0.05) is 41.9 Å². The number of rotatable bonds is 6. The van der Waals surface area contributed by atoms with Crippen LogP contribution in [-0.2, 0) is 22.7 Å². The molecule has 1 N–H and O–H groups in total. The molecule has 0 aliphatic carbocycles. The van der Waals surface area contributed by atoms with Crippen LogP contribution in [0.25, 0.3) is 0 Å². The first-order chi connectivity index (χ1) is 15.1. The molecule has 7 heteroatoms. The normalized spacial score (nSPS) is 15.7. The Labute approximate surface area is 185 Å². The molecule has 0 radical (unpaired) electrons. The van der Waals surface area contributed by atoms with E-state index in [1.807, 2.05) is 47.5 Å². The van der Waals surface area contributed by atoms with E-state index in [9.17, 15) is 9.59 Å².